The highest BCUT2D eigenvalue weighted by molar-refractivity contribution is 7.13. The zero-order valence-electron chi connectivity index (χ0n) is 11.2. The van der Waals surface area contributed by atoms with Crippen LogP contribution >= 0.6 is 11.3 Å². The fraction of sp³-hybridized carbons (Fsp3) is 0.833. The molecule has 0 saturated heterocycles. The average molecular weight is 257 g/mol. The molecule has 1 heterocycles. The van der Waals surface area contributed by atoms with Crippen LogP contribution in [0.2, 0.25) is 0 Å². The fourth-order valence-corrected chi connectivity index (χ4v) is 1.90. The van der Waals surface area contributed by atoms with E-state index in [2.05, 4.69) is 43.2 Å². The van der Waals surface area contributed by atoms with Crippen LogP contribution in [0.15, 0.2) is 0 Å². The summed E-state index contributed by atoms with van der Waals surface area (Å²) in [4.78, 5) is 0. The lowest BCUT2D eigenvalue weighted by molar-refractivity contribution is 0.286. The topological polar surface area (TPSA) is 47.0 Å². The van der Waals surface area contributed by atoms with Crippen molar-refractivity contribution in [2.24, 2.45) is 11.8 Å². The van der Waals surface area contributed by atoms with Gasteiger partial charge in [0.05, 0.1) is 6.61 Å². The summed E-state index contributed by atoms with van der Waals surface area (Å²) in [5, 5.41) is 13.1. The normalized spacial score (nSPS) is 11.4. The number of rotatable bonds is 8. The summed E-state index contributed by atoms with van der Waals surface area (Å²) in [5.74, 6) is 1.32. The van der Waals surface area contributed by atoms with Gasteiger partial charge in [-0.2, -0.15) is 0 Å². The Hall–Kier alpha value is -0.680. The Morgan fingerprint density at radius 1 is 1.18 bits per heavy atom. The van der Waals surface area contributed by atoms with Crippen molar-refractivity contribution >= 4 is 11.3 Å². The van der Waals surface area contributed by atoms with Gasteiger partial charge in [-0.1, -0.05) is 39.0 Å². The molecule has 0 radical (unpaired) electrons. The number of aromatic nitrogens is 2. The van der Waals surface area contributed by atoms with Gasteiger partial charge in [0, 0.05) is 6.54 Å². The molecule has 0 aliphatic carbocycles. The number of hydrogen-bond acceptors (Lipinski definition) is 5. The molecule has 1 aromatic heterocycles. The Labute approximate surface area is 108 Å². The first-order chi connectivity index (χ1) is 8.08. The number of ether oxygens (including phenoxy) is 1. The van der Waals surface area contributed by atoms with Gasteiger partial charge in [-0.05, 0) is 24.8 Å². The Kier molecular flexibility index (Phi) is 6.44. The van der Waals surface area contributed by atoms with E-state index >= 15 is 0 Å². The van der Waals surface area contributed by atoms with Crippen molar-refractivity contribution in [1.82, 2.24) is 15.5 Å². The van der Waals surface area contributed by atoms with E-state index in [1.807, 2.05) is 0 Å². The fourth-order valence-electron chi connectivity index (χ4n) is 1.22. The van der Waals surface area contributed by atoms with Crippen LogP contribution in [0.1, 0.15) is 39.1 Å². The lowest BCUT2D eigenvalue weighted by Crippen LogP contribution is -2.18. The summed E-state index contributed by atoms with van der Waals surface area (Å²) in [6.07, 6.45) is 1.06. The molecule has 0 amide bonds. The second kappa shape index (κ2) is 7.61. The Bertz CT molecular complexity index is 284. The van der Waals surface area contributed by atoms with E-state index in [1.54, 1.807) is 0 Å². The van der Waals surface area contributed by atoms with Crippen LogP contribution in [0.25, 0.3) is 0 Å². The first kappa shape index (κ1) is 14.4. The van der Waals surface area contributed by atoms with Crippen molar-refractivity contribution < 1.29 is 4.74 Å². The first-order valence-corrected chi connectivity index (χ1v) is 7.05. The molecule has 0 bridgehead atoms. The molecule has 0 spiro atoms. The van der Waals surface area contributed by atoms with E-state index in [1.165, 1.54) is 11.3 Å². The third kappa shape index (κ3) is 6.58. The second-order valence-electron chi connectivity index (χ2n) is 5.02. The highest BCUT2D eigenvalue weighted by atomic mass is 32.1. The molecule has 0 atom stereocenters. The minimum Gasteiger partial charge on any atom is -0.469 e. The molecule has 1 rings (SSSR count). The predicted molar refractivity (Wildman–Crippen MR) is 71.4 cm³/mol. The predicted octanol–water partition coefficient (Wildman–Crippen LogP) is 2.71. The molecule has 98 valence electrons. The largest absolute Gasteiger partial charge is 0.469 e. The molecule has 0 aliphatic heterocycles. The van der Waals surface area contributed by atoms with Crippen molar-refractivity contribution in [2.75, 3.05) is 13.2 Å². The van der Waals surface area contributed by atoms with Gasteiger partial charge in [0.15, 0.2) is 0 Å². The Morgan fingerprint density at radius 3 is 2.59 bits per heavy atom. The van der Waals surface area contributed by atoms with Gasteiger partial charge in [-0.3, -0.25) is 0 Å². The molecule has 0 unspecified atom stereocenters. The van der Waals surface area contributed by atoms with E-state index in [9.17, 15) is 0 Å². The van der Waals surface area contributed by atoms with Crippen molar-refractivity contribution in [2.45, 2.75) is 40.7 Å². The quantitative estimate of drug-likeness (QED) is 0.778. The monoisotopic (exact) mass is 257 g/mol. The maximum atomic E-state index is 5.54. The van der Waals surface area contributed by atoms with Crippen molar-refractivity contribution in [3.05, 3.63) is 5.01 Å². The minimum absolute atomic E-state index is 0.657. The number of nitrogens with zero attached hydrogens (tertiary/aromatic N) is 2. The van der Waals surface area contributed by atoms with Crippen molar-refractivity contribution in [3.8, 4) is 5.19 Å². The molecule has 0 saturated carbocycles. The lowest BCUT2D eigenvalue weighted by Gasteiger charge is -2.04. The zero-order valence-corrected chi connectivity index (χ0v) is 12.0. The van der Waals surface area contributed by atoms with E-state index in [0.29, 0.717) is 17.0 Å². The van der Waals surface area contributed by atoms with Crippen molar-refractivity contribution in [1.29, 1.82) is 0 Å². The molecule has 0 aliphatic rings. The SMILES string of the molecule is CC(C)CCOc1nnc(CNCC(C)C)s1. The number of nitrogens with one attached hydrogen (secondary N) is 1. The van der Waals surface area contributed by atoms with E-state index in [4.69, 9.17) is 4.74 Å². The summed E-state index contributed by atoms with van der Waals surface area (Å²) in [7, 11) is 0. The highest BCUT2D eigenvalue weighted by Crippen LogP contribution is 2.18. The van der Waals surface area contributed by atoms with Gasteiger partial charge in [0.25, 0.3) is 5.19 Å². The van der Waals surface area contributed by atoms with Crippen LogP contribution in [0.3, 0.4) is 0 Å². The van der Waals surface area contributed by atoms with Crippen LogP contribution in [0, 0.1) is 11.8 Å². The van der Waals surface area contributed by atoms with E-state index in [0.717, 1.165) is 31.1 Å². The molecule has 1 N–H and O–H groups in total. The standard InChI is InChI=1S/C12H23N3OS/c1-9(2)5-6-16-12-15-14-11(17-12)8-13-7-10(3)4/h9-10,13H,5-8H2,1-4H3. The number of hydrogen-bond donors (Lipinski definition) is 1. The van der Waals surface area contributed by atoms with E-state index < -0.39 is 0 Å². The van der Waals surface area contributed by atoms with Gasteiger partial charge in [-0.25, -0.2) is 0 Å². The molecule has 17 heavy (non-hydrogen) atoms. The van der Waals surface area contributed by atoms with Gasteiger partial charge < -0.3 is 10.1 Å². The van der Waals surface area contributed by atoms with Gasteiger partial charge >= 0.3 is 0 Å². The Morgan fingerprint density at radius 2 is 1.94 bits per heavy atom. The third-order valence-corrected chi connectivity index (χ3v) is 3.03. The molecular formula is C12H23N3OS. The van der Waals surface area contributed by atoms with Crippen molar-refractivity contribution in [3.63, 3.8) is 0 Å². The summed E-state index contributed by atoms with van der Waals surface area (Å²) in [5.41, 5.74) is 0. The van der Waals surface area contributed by atoms with Gasteiger partial charge in [-0.15, -0.1) is 10.2 Å². The van der Waals surface area contributed by atoms with Crippen LogP contribution in [0.4, 0.5) is 0 Å². The maximum absolute atomic E-state index is 5.54. The summed E-state index contributed by atoms with van der Waals surface area (Å²) >= 11 is 1.53. The van der Waals surface area contributed by atoms with E-state index in [-0.39, 0.29) is 0 Å². The Balaban J connectivity index is 2.23. The highest BCUT2D eigenvalue weighted by Gasteiger charge is 2.05. The van der Waals surface area contributed by atoms with Crippen LogP contribution in [0.5, 0.6) is 5.19 Å². The third-order valence-electron chi connectivity index (χ3n) is 2.20. The van der Waals surface area contributed by atoms with Crippen LogP contribution in [-0.4, -0.2) is 23.3 Å². The summed E-state index contributed by atoms with van der Waals surface area (Å²) in [6, 6.07) is 0. The van der Waals surface area contributed by atoms with Gasteiger partial charge in [0.1, 0.15) is 5.01 Å². The van der Waals surface area contributed by atoms with Gasteiger partial charge in [0.2, 0.25) is 0 Å². The molecule has 0 fully saturated rings. The first-order valence-electron chi connectivity index (χ1n) is 6.23. The lowest BCUT2D eigenvalue weighted by atomic mass is 10.1. The summed E-state index contributed by atoms with van der Waals surface area (Å²) in [6.45, 7) is 11.3. The second-order valence-corrected chi connectivity index (χ2v) is 6.04. The smallest absolute Gasteiger partial charge is 0.294 e. The average Bonchev–Trinajstić information content (AvgIpc) is 2.65. The maximum Gasteiger partial charge on any atom is 0.294 e. The minimum atomic E-state index is 0.657. The summed E-state index contributed by atoms with van der Waals surface area (Å²) < 4.78 is 5.54. The zero-order chi connectivity index (χ0) is 12.7. The van der Waals surface area contributed by atoms with Crippen LogP contribution in [-0.2, 0) is 6.54 Å². The molecule has 1 aromatic rings. The molecular weight excluding hydrogens is 234 g/mol. The van der Waals surface area contributed by atoms with Crippen LogP contribution < -0.4 is 10.1 Å². The molecule has 5 heteroatoms. The molecule has 0 aromatic carbocycles. The molecule has 4 nitrogen and oxygen atoms in total.